The fraction of sp³-hybridized carbons (Fsp3) is 0.102. The molecule has 0 spiro atoms. The predicted molar refractivity (Wildman–Crippen MR) is 212 cm³/mol. The Morgan fingerprint density at radius 2 is 1.33 bits per heavy atom. The van der Waals surface area contributed by atoms with E-state index >= 15 is 0 Å². The summed E-state index contributed by atoms with van der Waals surface area (Å²) in [6.45, 7) is 4.73. The number of aromatic nitrogens is 1. The van der Waals surface area contributed by atoms with Crippen LogP contribution in [-0.2, 0) is 5.41 Å². The van der Waals surface area contributed by atoms with E-state index in [-0.39, 0.29) is 5.41 Å². The SMILES string of the molecule is CC1(C)c2cc3c(cc2-c2c1ccc1c2oc2ccccc21)c1ccccc1n3-c1cccc(C2=CC=C3c4ccccc4C4=CC=CC2C43)c1. The van der Waals surface area contributed by atoms with Crippen molar-refractivity contribution in [3.8, 4) is 16.8 Å². The number of furan rings is 1. The number of hydrogen-bond acceptors (Lipinski definition) is 1. The zero-order valence-corrected chi connectivity index (χ0v) is 28.4. The Hall–Kier alpha value is -6.12. The maximum atomic E-state index is 6.64. The summed E-state index contributed by atoms with van der Waals surface area (Å²) in [6, 6.07) is 45.0. The Balaban J connectivity index is 1.06. The smallest absolute Gasteiger partial charge is 0.143 e. The van der Waals surface area contributed by atoms with Crippen molar-refractivity contribution in [1.82, 2.24) is 4.57 Å². The summed E-state index contributed by atoms with van der Waals surface area (Å²) >= 11 is 0. The predicted octanol–water partition coefficient (Wildman–Crippen LogP) is 12.7. The molecule has 0 radical (unpaired) electrons. The average Bonchev–Trinajstić information content (AvgIpc) is 3.88. The highest BCUT2D eigenvalue weighted by molar-refractivity contribution is 6.15. The summed E-state index contributed by atoms with van der Waals surface area (Å²) in [5, 5.41) is 4.89. The van der Waals surface area contributed by atoms with Crippen LogP contribution in [0.3, 0.4) is 0 Å². The molecule has 0 saturated heterocycles. The normalized spacial score (nSPS) is 19.2. The maximum Gasteiger partial charge on any atom is 0.143 e. The fourth-order valence-corrected chi connectivity index (χ4v) is 10.1. The molecule has 2 unspecified atom stereocenters. The molecule has 6 aromatic carbocycles. The molecule has 4 aliphatic rings. The van der Waals surface area contributed by atoms with Crippen LogP contribution in [0.1, 0.15) is 41.7 Å². The third-order valence-corrected chi connectivity index (χ3v) is 12.4. The van der Waals surface area contributed by atoms with E-state index in [0.717, 1.165) is 11.2 Å². The lowest BCUT2D eigenvalue weighted by atomic mass is 9.72. The Morgan fingerprint density at radius 3 is 2.22 bits per heavy atom. The molecule has 8 aromatic rings. The second-order valence-electron chi connectivity index (χ2n) is 15.2. The number of nitrogens with zero attached hydrogens (tertiary/aromatic N) is 1. The van der Waals surface area contributed by atoms with E-state index in [1.807, 2.05) is 0 Å². The van der Waals surface area contributed by atoms with Crippen molar-refractivity contribution in [2.24, 2.45) is 11.8 Å². The fourth-order valence-electron chi connectivity index (χ4n) is 10.1. The molecule has 12 rings (SSSR count). The quantitative estimate of drug-likeness (QED) is 0.182. The topological polar surface area (TPSA) is 18.1 Å². The van der Waals surface area contributed by atoms with Gasteiger partial charge in [0.2, 0.25) is 0 Å². The third-order valence-electron chi connectivity index (χ3n) is 12.4. The number of rotatable bonds is 2. The van der Waals surface area contributed by atoms with Gasteiger partial charge in [0, 0.05) is 50.0 Å². The van der Waals surface area contributed by atoms with Crippen molar-refractivity contribution in [2.45, 2.75) is 19.3 Å². The van der Waals surface area contributed by atoms with Crippen LogP contribution in [0.25, 0.3) is 77.3 Å². The number of allylic oxidation sites excluding steroid dienone is 8. The first-order chi connectivity index (χ1) is 25.1. The van der Waals surface area contributed by atoms with Gasteiger partial charge in [0.25, 0.3) is 0 Å². The molecule has 240 valence electrons. The minimum absolute atomic E-state index is 0.177. The molecule has 2 nitrogen and oxygen atoms in total. The average molecular weight is 652 g/mol. The first kappa shape index (κ1) is 27.7. The Morgan fingerprint density at radius 1 is 0.569 bits per heavy atom. The largest absolute Gasteiger partial charge is 0.455 e. The van der Waals surface area contributed by atoms with Crippen molar-refractivity contribution in [3.63, 3.8) is 0 Å². The summed E-state index contributed by atoms with van der Waals surface area (Å²) in [6.07, 6.45) is 11.8. The van der Waals surface area contributed by atoms with Crippen molar-refractivity contribution >= 4 is 60.5 Å². The lowest BCUT2D eigenvalue weighted by Gasteiger charge is -2.31. The molecule has 0 aliphatic heterocycles. The highest BCUT2D eigenvalue weighted by Gasteiger charge is 2.41. The van der Waals surface area contributed by atoms with Crippen LogP contribution in [0.5, 0.6) is 0 Å². The van der Waals surface area contributed by atoms with Crippen LogP contribution in [-0.4, -0.2) is 4.57 Å². The summed E-state index contributed by atoms with van der Waals surface area (Å²) < 4.78 is 9.13. The summed E-state index contributed by atoms with van der Waals surface area (Å²) in [5.41, 5.74) is 18.9. The summed E-state index contributed by atoms with van der Waals surface area (Å²) in [5.74, 6) is 0.678. The van der Waals surface area contributed by atoms with Crippen LogP contribution in [0.15, 0.2) is 156 Å². The molecule has 0 N–H and O–H groups in total. The highest BCUT2D eigenvalue weighted by Crippen LogP contribution is 2.57. The van der Waals surface area contributed by atoms with Crippen LogP contribution < -0.4 is 0 Å². The first-order valence-corrected chi connectivity index (χ1v) is 18.1. The molecule has 4 aliphatic carbocycles. The Bertz CT molecular complexity index is 3010. The molecule has 2 heterocycles. The second-order valence-corrected chi connectivity index (χ2v) is 15.2. The number of benzene rings is 6. The molecule has 0 fully saturated rings. The van der Waals surface area contributed by atoms with Gasteiger partial charge in [-0.15, -0.1) is 0 Å². The van der Waals surface area contributed by atoms with E-state index in [1.54, 1.807) is 0 Å². The van der Waals surface area contributed by atoms with Gasteiger partial charge in [-0.3, -0.25) is 0 Å². The monoisotopic (exact) mass is 651 g/mol. The van der Waals surface area contributed by atoms with Crippen LogP contribution >= 0.6 is 0 Å². The third kappa shape index (κ3) is 3.47. The molecule has 2 atom stereocenters. The minimum atomic E-state index is -0.177. The first-order valence-electron chi connectivity index (χ1n) is 18.1. The zero-order chi connectivity index (χ0) is 33.6. The molecular formula is C49H33NO. The second kappa shape index (κ2) is 9.56. The van der Waals surface area contributed by atoms with Crippen LogP contribution in [0.2, 0.25) is 0 Å². The van der Waals surface area contributed by atoms with Crippen molar-refractivity contribution < 1.29 is 4.42 Å². The van der Waals surface area contributed by atoms with Crippen LogP contribution in [0.4, 0.5) is 0 Å². The number of fused-ring (bicyclic) bond motifs is 13. The molecular weight excluding hydrogens is 619 g/mol. The van der Waals surface area contributed by atoms with Gasteiger partial charge in [-0.1, -0.05) is 129 Å². The summed E-state index contributed by atoms with van der Waals surface area (Å²) in [4.78, 5) is 0. The highest BCUT2D eigenvalue weighted by atomic mass is 16.3. The van der Waals surface area contributed by atoms with Gasteiger partial charge in [-0.05, 0) is 86.5 Å². The molecule has 0 amide bonds. The number of para-hydroxylation sites is 2. The van der Waals surface area contributed by atoms with Crippen molar-refractivity contribution in [3.05, 3.63) is 180 Å². The Kier molecular flexibility index (Phi) is 5.19. The van der Waals surface area contributed by atoms with Gasteiger partial charge >= 0.3 is 0 Å². The molecule has 0 saturated carbocycles. The molecule has 51 heavy (non-hydrogen) atoms. The van der Waals surface area contributed by atoms with Gasteiger partial charge < -0.3 is 8.98 Å². The van der Waals surface area contributed by atoms with Gasteiger partial charge in [0.15, 0.2) is 0 Å². The van der Waals surface area contributed by atoms with E-state index in [2.05, 4.69) is 170 Å². The van der Waals surface area contributed by atoms with Crippen molar-refractivity contribution in [1.29, 1.82) is 0 Å². The van der Waals surface area contributed by atoms with E-state index in [4.69, 9.17) is 4.42 Å². The minimum Gasteiger partial charge on any atom is -0.455 e. The van der Waals surface area contributed by atoms with E-state index in [9.17, 15) is 0 Å². The zero-order valence-electron chi connectivity index (χ0n) is 28.4. The molecule has 0 bridgehead atoms. The standard InChI is InChI=1S/C49H33NO/c1-49(2)41-24-23-38-34-16-6-8-20-45(34)51-48(38)47(41)40-26-39-33-15-5-7-19-43(33)50(44(39)27-42(40)49)29-12-9-11-28(25-29)30-21-22-37-32-14-4-3-13-31(32)36-18-10-17-35(30)46(36)37/h3-27,35,46H,1-2H3. The van der Waals surface area contributed by atoms with Crippen molar-refractivity contribution in [2.75, 3.05) is 0 Å². The van der Waals surface area contributed by atoms with Gasteiger partial charge in [-0.2, -0.15) is 0 Å². The van der Waals surface area contributed by atoms with Gasteiger partial charge in [-0.25, -0.2) is 0 Å². The number of hydrogen-bond donors (Lipinski definition) is 0. The molecule has 2 heteroatoms. The van der Waals surface area contributed by atoms with E-state index in [1.165, 1.54) is 93.9 Å². The van der Waals surface area contributed by atoms with Crippen LogP contribution in [0, 0.1) is 11.8 Å². The summed E-state index contributed by atoms with van der Waals surface area (Å²) in [7, 11) is 0. The lowest BCUT2D eigenvalue weighted by molar-refractivity contribution is 0.653. The molecule has 2 aromatic heterocycles. The maximum absolute atomic E-state index is 6.64. The lowest BCUT2D eigenvalue weighted by Crippen LogP contribution is -2.18. The van der Waals surface area contributed by atoms with Gasteiger partial charge in [0.1, 0.15) is 11.2 Å². The van der Waals surface area contributed by atoms with E-state index in [0.29, 0.717) is 11.8 Å². The van der Waals surface area contributed by atoms with Gasteiger partial charge in [0.05, 0.1) is 11.0 Å². The Labute approximate surface area is 296 Å². The van der Waals surface area contributed by atoms with E-state index < -0.39 is 0 Å².